The van der Waals surface area contributed by atoms with Crippen LogP contribution in [0.2, 0.25) is 0 Å². The van der Waals surface area contributed by atoms with Crippen LogP contribution < -0.4 is 16.1 Å². The van der Waals surface area contributed by atoms with Crippen molar-refractivity contribution >= 4 is 55.9 Å². The number of carbonyl (C=O) groups excluding carboxylic acids is 3. The molecule has 0 aliphatic carbocycles. The number of nitrogens with zero attached hydrogens (tertiary/aromatic N) is 1. The minimum absolute atomic E-state index is 0.182. The molecule has 0 atom stereocenters. The number of nitrogens with one attached hydrogen (secondary N) is 3. The topological polar surface area (TPSA) is 92.2 Å². The van der Waals surface area contributed by atoms with Gasteiger partial charge in [0.15, 0.2) is 0 Å². The number of carbonyl (C=O) groups is 3. The standard InChI is InChI=1S/C25H21BrN4O3/c1-15-6-5-8-19(12-15)27-23(31)22-14-17-13-18(26)10-11-21(17)30(22)29-25(33)24(32)28-20-9-4-3-7-16(20)2/h3-14H,1-2H3,(H,27,31)(H,28,32)(H,29,33). The van der Waals surface area contributed by atoms with Crippen LogP contribution in [0.4, 0.5) is 11.4 Å². The molecular formula is C25H21BrN4O3. The number of rotatable bonds is 4. The highest BCUT2D eigenvalue weighted by Gasteiger charge is 2.21. The quantitative estimate of drug-likeness (QED) is 0.342. The Morgan fingerprint density at radius 1 is 0.818 bits per heavy atom. The van der Waals surface area contributed by atoms with Crippen LogP contribution in [0.15, 0.2) is 77.3 Å². The Morgan fingerprint density at radius 3 is 2.36 bits per heavy atom. The second kappa shape index (κ2) is 9.30. The molecule has 3 amide bonds. The van der Waals surface area contributed by atoms with E-state index >= 15 is 0 Å². The summed E-state index contributed by atoms with van der Waals surface area (Å²) in [4.78, 5) is 38.4. The van der Waals surface area contributed by atoms with Gasteiger partial charge in [0, 0.05) is 21.2 Å². The lowest BCUT2D eigenvalue weighted by atomic mass is 10.2. The summed E-state index contributed by atoms with van der Waals surface area (Å²) in [5, 5.41) is 6.16. The maximum Gasteiger partial charge on any atom is 0.328 e. The van der Waals surface area contributed by atoms with Crippen molar-refractivity contribution in [3.63, 3.8) is 0 Å². The number of amides is 3. The Labute approximate surface area is 198 Å². The van der Waals surface area contributed by atoms with Gasteiger partial charge in [-0.2, -0.15) is 0 Å². The second-order valence-corrected chi connectivity index (χ2v) is 8.52. The van der Waals surface area contributed by atoms with Gasteiger partial charge in [0.2, 0.25) is 0 Å². The van der Waals surface area contributed by atoms with Crippen molar-refractivity contribution in [1.82, 2.24) is 4.68 Å². The molecule has 1 aromatic heterocycles. The molecular weight excluding hydrogens is 484 g/mol. The van der Waals surface area contributed by atoms with Crippen LogP contribution >= 0.6 is 15.9 Å². The molecule has 4 aromatic rings. The number of halogens is 1. The number of aromatic nitrogens is 1. The summed E-state index contributed by atoms with van der Waals surface area (Å²) in [7, 11) is 0. The fourth-order valence-corrected chi connectivity index (χ4v) is 3.82. The van der Waals surface area contributed by atoms with Crippen molar-refractivity contribution < 1.29 is 14.4 Å². The lowest BCUT2D eigenvalue weighted by Crippen LogP contribution is -2.36. The van der Waals surface area contributed by atoms with E-state index < -0.39 is 17.7 Å². The number of anilines is 2. The Hall–Kier alpha value is -3.91. The Bertz CT molecular complexity index is 1390. The predicted octanol–water partition coefficient (Wildman–Crippen LogP) is 4.98. The molecule has 8 heteroatoms. The maximum absolute atomic E-state index is 13.1. The Balaban J connectivity index is 1.64. The molecule has 0 saturated heterocycles. The molecule has 0 aliphatic heterocycles. The molecule has 3 aromatic carbocycles. The summed E-state index contributed by atoms with van der Waals surface area (Å²) in [5.41, 5.74) is 6.31. The van der Waals surface area contributed by atoms with Crippen molar-refractivity contribution in [1.29, 1.82) is 0 Å². The zero-order chi connectivity index (χ0) is 23.5. The Kier molecular flexibility index (Phi) is 6.28. The van der Waals surface area contributed by atoms with Gasteiger partial charge in [-0.1, -0.05) is 46.3 Å². The molecule has 0 spiro atoms. The molecule has 7 nitrogen and oxygen atoms in total. The summed E-state index contributed by atoms with van der Waals surface area (Å²) >= 11 is 3.42. The van der Waals surface area contributed by atoms with E-state index in [1.807, 2.05) is 50.2 Å². The van der Waals surface area contributed by atoms with Gasteiger partial charge in [-0.05, 0) is 67.4 Å². The number of aryl methyl sites for hydroxylation is 2. The molecule has 0 bridgehead atoms. The molecule has 166 valence electrons. The first-order valence-electron chi connectivity index (χ1n) is 10.2. The molecule has 33 heavy (non-hydrogen) atoms. The highest BCUT2D eigenvalue weighted by molar-refractivity contribution is 9.10. The number of fused-ring (bicyclic) bond motifs is 1. The van der Waals surface area contributed by atoms with Gasteiger partial charge in [-0.15, -0.1) is 0 Å². The van der Waals surface area contributed by atoms with Crippen LogP contribution in [0.1, 0.15) is 21.6 Å². The van der Waals surface area contributed by atoms with E-state index in [2.05, 4.69) is 32.0 Å². The van der Waals surface area contributed by atoms with E-state index in [9.17, 15) is 14.4 Å². The zero-order valence-electron chi connectivity index (χ0n) is 18.0. The first-order valence-corrected chi connectivity index (χ1v) is 11.0. The lowest BCUT2D eigenvalue weighted by Gasteiger charge is -2.13. The molecule has 0 unspecified atom stereocenters. The fraction of sp³-hybridized carbons (Fsp3) is 0.0800. The minimum Gasteiger partial charge on any atom is -0.321 e. The number of hydrogen-bond donors (Lipinski definition) is 3. The van der Waals surface area contributed by atoms with Crippen LogP contribution in [0.3, 0.4) is 0 Å². The molecule has 3 N–H and O–H groups in total. The fourth-order valence-electron chi connectivity index (χ4n) is 3.44. The van der Waals surface area contributed by atoms with Crippen molar-refractivity contribution in [3.05, 3.63) is 94.1 Å². The predicted molar refractivity (Wildman–Crippen MR) is 133 cm³/mol. The number of hydrogen-bond acceptors (Lipinski definition) is 3. The molecule has 0 aliphatic rings. The van der Waals surface area contributed by atoms with Gasteiger partial charge < -0.3 is 10.6 Å². The Morgan fingerprint density at radius 2 is 1.61 bits per heavy atom. The van der Waals surface area contributed by atoms with Gasteiger partial charge >= 0.3 is 11.8 Å². The van der Waals surface area contributed by atoms with Crippen molar-refractivity contribution in [2.75, 3.05) is 16.1 Å². The summed E-state index contributed by atoms with van der Waals surface area (Å²) < 4.78 is 2.15. The minimum atomic E-state index is -0.900. The van der Waals surface area contributed by atoms with Gasteiger partial charge in [0.05, 0.1) is 5.52 Å². The van der Waals surface area contributed by atoms with E-state index in [1.165, 1.54) is 4.68 Å². The second-order valence-electron chi connectivity index (χ2n) is 7.60. The number of benzene rings is 3. The molecule has 0 fully saturated rings. The van der Waals surface area contributed by atoms with E-state index in [1.54, 1.807) is 36.4 Å². The summed E-state index contributed by atoms with van der Waals surface area (Å²) in [6.45, 7) is 3.76. The largest absolute Gasteiger partial charge is 0.328 e. The number of para-hydroxylation sites is 1. The molecule has 0 saturated carbocycles. The smallest absolute Gasteiger partial charge is 0.321 e. The third-order valence-electron chi connectivity index (χ3n) is 5.09. The van der Waals surface area contributed by atoms with Gasteiger partial charge in [-0.25, -0.2) is 4.68 Å². The van der Waals surface area contributed by atoms with Crippen molar-refractivity contribution in [3.8, 4) is 0 Å². The van der Waals surface area contributed by atoms with Gasteiger partial charge in [-0.3, -0.25) is 19.8 Å². The highest BCUT2D eigenvalue weighted by Crippen LogP contribution is 2.24. The average molecular weight is 505 g/mol. The highest BCUT2D eigenvalue weighted by atomic mass is 79.9. The first-order chi connectivity index (χ1) is 15.8. The van der Waals surface area contributed by atoms with E-state index in [0.29, 0.717) is 16.9 Å². The summed E-state index contributed by atoms with van der Waals surface area (Å²) in [5.74, 6) is -2.16. The van der Waals surface area contributed by atoms with E-state index in [4.69, 9.17) is 0 Å². The normalized spacial score (nSPS) is 10.6. The molecule has 1 heterocycles. The van der Waals surface area contributed by atoms with Crippen LogP contribution in [0.5, 0.6) is 0 Å². The monoisotopic (exact) mass is 504 g/mol. The van der Waals surface area contributed by atoms with Gasteiger partial charge in [0.25, 0.3) is 5.91 Å². The van der Waals surface area contributed by atoms with Gasteiger partial charge in [0.1, 0.15) is 5.69 Å². The van der Waals surface area contributed by atoms with Crippen LogP contribution in [0, 0.1) is 13.8 Å². The summed E-state index contributed by atoms with van der Waals surface area (Å²) in [6, 6.07) is 21.6. The van der Waals surface area contributed by atoms with Crippen LogP contribution in [-0.2, 0) is 9.59 Å². The SMILES string of the molecule is Cc1cccc(NC(=O)c2cc3cc(Br)ccc3n2NC(=O)C(=O)Nc2ccccc2C)c1. The van der Waals surface area contributed by atoms with E-state index in [-0.39, 0.29) is 5.69 Å². The average Bonchev–Trinajstić information content (AvgIpc) is 3.12. The zero-order valence-corrected chi connectivity index (χ0v) is 19.6. The van der Waals surface area contributed by atoms with Crippen LogP contribution in [-0.4, -0.2) is 22.4 Å². The van der Waals surface area contributed by atoms with Crippen molar-refractivity contribution in [2.24, 2.45) is 0 Å². The summed E-state index contributed by atoms with van der Waals surface area (Å²) in [6.07, 6.45) is 0. The maximum atomic E-state index is 13.1. The van der Waals surface area contributed by atoms with Crippen molar-refractivity contribution in [2.45, 2.75) is 13.8 Å². The third-order valence-corrected chi connectivity index (χ3v) is 5.58. The molecule has 4 rings (SSSR count). The van der Waals surface area contributed by atoms with Crippen LogP contribution in [0.25, 0.3) is 10.9 Å². The third kappa shape index (κ3) is 4.96. The molecule has 0 radical (unpaired) electrons. The lowest BCUT2D eigenvalue weighted by molar-refractivity contribution is -0.133. The first kappa shape index (κ1) is 22.3. The van der Waals surface area contributed by atoms with E-state index in [0.717, 1.165) is 21.0 Å².